The van der Waals surface area contributed by atoms with Crippen LogP contribution >= 0.6 is 0 Å². The van der Waals surface area contributed by atoms with Crippen molar-refractivity contribution in [3.05, 3.63) is 48.0 Å². The molecule has 1 aromatic heterocycles. The number of halogens is 1. The fourth-order valence-corrected chi connectivity index (χ4v) is 2.47. The third kappa shape index (κ3) is 3.68. The van der Waals surface area contributed by atoms with E-state index >= 15 is 0 Å². The standard InChI is InChI=1S/C16H19FN4/c17-14-4-6-15(7-5-14)18-10-13-11-19-16(20-12-13)21-8-2-1-3-9-21/h4-7,11-12,18H,1-3,8-10H2. The zero-order chi connectivity index (χ0) is 14.5. The highest BCUT2D eigenvalue weighted by molar-refractivity contribution is 5.43. The van der Waals surface area contributed by atoms with Gasteiger partial charge in [0.1, 0.15) is 5.82 Å². The first-order valence-electron chi connectivity index (χ1n) is 7.36. The molecule has 1 aliphatic heterocycles. The zero-order valence-corrected chi connectivity index (χ0v) is 11.9. The van der Waals surface area contributed by atoms with Crippen molar-refractivity contribution in [2.75, 3.05) is 23.3 Å². The molecule has 0 radical (unpaired) electrons. The predicted octanol–water partition coefficient (Wildman–Crippen LogP) is 3.22. The molecule has 21 heavy (non-hydrogen) atoms. The second-order valence-corrected chi connectivity index (χ2v) is 5.30. The van der Waals surface area contributed by atoms with Crippen LogP contribution in [0.15, 0.2) is 36.7 Å². The van der Waals surface area contributed by atoms with Crippen LogP contribution < -0.4 is 10.2 Å². The second kappa shape index (κ2) is 6.52. The summed E-state index contributed by atoms with van der Waals surface area (Å²) < 4.78 is 12.8. The van der Waals surface area contributed by atoms with Crippen LogP contribution in [0, 0.1) is 5.82 Å². The number of hydrogen-bond donors (Lipinski definition) is 1. The van der Waals surface area contributed by atoms with Gasteiger partial charge >= 0.3 is 0 Å². The van der Waals surface area contributed by atoms with Crippen molar-refractivity contribution in [1.82, 2.24) is 9.97 Å². The monoisotopic (exact) mass is 286 g/mol. The van der Waals surface area contributed by atoms with Gasteiger partial charge in [0.15, 0.2) is 0 Å². The van der Waals surface area contributed by atoms with E-state index < -0.39 is 0 Å². The van der Waals surface area contributed by atoms with Gasteiger partial charge < -0.3 is 10.2 Å². The maximum atomic E-state index is 12.8. The maximum absolute atomic E-state index is 12.8. The van der Waals surface area contributed by atoms with Crippen LogP contribution in [-0.4, -0.2) is 23.1 Å². The first-order chi connectivity index (χ1) is 10.3. The Balaban J connectivity index is 1.57. The van der Waals surface area contributed by atoms with Crippen LogP contribution in [0.25, 0.3) is 0 Å². The van der Waals surface area contributed by atoms with Crippen LogP contribution in [0.5, 0.6) is 0 Å². The Morgan fingerprint density at radius 1 is 1.00 bits per heavy atom. The van der Waals surface area contributed by atoms with E-state index in [1.807, 2.05) is 12.4 Å². The van der Waals surface area contributed by atoms with E-state index in [2.05, 4.69) is 20.2 Å². The Bertz CT molecular complexity index is 562. The number of nitrogens with one attached hydrogen (secondary N) is 1. The number of hydrogen-bond acceptors (Lipinski definition) is 4. The smallest absolute Gasteiger partial charge is 0.225 e. The van der Waals surface area contributed by atoms with E-state index in [-0.39, 0.29) is 5.82 Å². The number of benzene rings is 1. The van der Waals surface area contributed by atoms with Gasteiger partial charge in [-0.05, 0) is 43.5 Å². The van der Waals surface area contributed by atoms with Crippen LogP contribution in [0.2, 0.25) is 0 Å². The minimum Gasteiger partial charge on any atom is -0.381 e. The lowest BCUT2D eigenvalue weighted by Crippen LogP contribution is -2.30. The van der Waals surface area contributed by atoms with Crippen molar-refractivity contribution in [1.29, 1.82) is 0 Å². The van der Waals surface area contributed by atoms with Gasteiger partial charge in [-0.15, -0.1) is 0 Å². The average Bonchev–Trinajstić information content (AvgIpc) is 2.56. The van der Waals surface area contributed by atoms with E-state index in [4.69, 9.17) is 0 Å². The van der Waals surface area contributed by atoms with Gasteiger partial charge in [0.25, 0.3) is 0 Å². The lowest BCUT2D eigenvalue weighted by atomic mass is 10.1. The molecule has 1 aliphatic rings. The molecule has 1 aromatic carbocycles. The molecule has 0 saturated carbocycles. The van der Waals surface area contributed by atoms with E-state index in [0.717, 1.165) is 30.3 Å². The number of rotatable bonds is 4. The molecule has 110 valence electrons. The Kier molecular flexibility index (Phi) is 4.28. The summed E-state index contributed by atoms with van der Waals surface area (Å²) in [6.45, 7) is 2.73. The molecule has 3 rings (SSSR count). The quantitative estimate of drug-likeness (QED) is 0.937. The third-order valence-corrected chi connectivity index (χ3v) is 3.67. The minimum atomic E-state index is -0.227. The van der Waals surface area contributed by atoms with Crippen LogP contribution in [0.1, 0.15) is 24.8 Å². The number of anilines is 2. The fraction of sp³-hybridized carbons (Fsp3) is 0.375. The molecule has 2 aromatic rings. The van der Waals surface area contributed by atoms with Gasteiger partial charge in [-0.2, -0.15) is 0 Å². The van der Waals surface area contributed by atoms with Crippen LogP contribution in [-0.2, 0) is 6.54 Å². The molecule has 0 atom stereocenters. The first kappa shape index (κ1) is 13.8. The SMILES string of the molecule is Fc1ccc(NCc2cnc(N3CCCCC3)nc2)cc1. The molecule has 0 unspecified atom stereocenters. The Morgan fingerprint density at radius 2 is 1.67 bits per heavy atom. The Morgan fingerprint density at radius 3 is 2.33 bits per heavy atom. The second-order valence-electron chi connectivity index (χ2n) is 5.30. The highest BCUT2D eigenvalue weighted by atomic mass is 19.1. The van der Waals surface area contributed by atoms with E-state index in [9.17, 15) is 4.39 Å². The van der Waals surface area contributed by atoms with Gasteiger partial charge in [0, 0.05) is 43.3 Å². The summed E-state index contributed by atoms with van der Waals surface area (Å²) in [6, 6.07) is 6.33. The first-order valence-corrected chi connectivity index (χ1v) is 7.36. The van der Waals surface area contributed by atoms with Gasteiger partial charge in [0.05, 0.1) is 0 Å². The minimum absolute atomic E-state index is 0.227. The predicted molar refractivity (Wildman–Crippen MR) is 81.8 cm³/mol. The lowest BCUT2D eigenvalue weighted by Gasteiger charge is -2.26. The van der Waals surface area contributed by atoms with Gasteiger partial charge in [-0.25, -0.2) is 14.4 Å². The molecule has 0 spiro atoms. The molecule has 0 aliphatic carbocycles. The fourth-order valence-electron chi connectivity index (χ4n) is 2.47. The van der Waals surface area contributed by atoms with Gasteiger partial charge in [-0.3, -0.25) is 0 Å². The summed E-state index contributed by atoms with van der Waals surface area (Å²) in [5.41, 5.74) is 1.90. The molecule has 0 bridgehead atoms. The third-order valence-electron chi connectivity index (χ3n) is 3.67. The molecule has 1 saturated heterocycles. The largest absolute Gasteiger partial charge is 0.381 e. The van der Waals surface area contributed by atoms with E-state index in [1.54, 1.807) is 12.1 Å². The molecular weight excluding hydrogens is 267 g/mol. The van der Waals surface area contributed by atoms with Crippen LogP contribution in [0.3, 0.4) is 0 Å². The number of nitrogens with zero attached hydrogens (tertiary/aromatic N) is 3. The summed E-state index contributed by atoms with van der Waals surface area (Å²) in [5.74, 6) is 0.593. The zero-order valence-electron chi connectivity index (χ0n) is 11.9. The number of aromatic nitrogens is 2. The summed E-state index contributed by atoms with van der Waals surface area (Å²) in [4.78, 5) is 11.1. The van der Waals surface area contributed by atoms with Crippen molar-refractivity contribution in [2.45, 2.75) is 25.8 Å². The van der Waals surface area contributed by atoms with Gasteiger partial charge in [-0.1, -0.05) is 0 Å². The molecule has 0 amide bonds. The topological polar surface area (TPSA) is 41.1 Å². The highest BCUT2D eigenvalue weighted by Gasteiger charge is 2.12. The molecule has 2 heterocycles. The summed E-state index contributed by atoms with van der Waals surface area (Å²) in [6.07, 6.45) is 7.45. The van der Waals surface area contributed by atoms with Crippen LogP contribution in [0.4, 0.5) is 16.0 Å². The Labute approximate surface area is 124 Å². The van der Waals surface area contributed by atoms with Crippen molar-refractivity contribution < 1.29 is 4.39 Å². The molecule has 4 nitrogen and oxygen atoms in total. The normalized spacial score (nSPS) is 15.0. The number of piperidine rings is 1. The van der Waals surface area contributed by atoms with E-state index in [0.29, 0.717) is 6.54 Å². The average molecular weight is 286 g/mol. The summed E-state index contributed by atoms with van der Waals surface area (Å²) >= 11 is 0. The Hall–Kier alpha value is -2.17. The molecule has 1 fully saturated rings. The van der Waals surface area contributed by atoms with Gasteiger partial charge in [0.2, 0.25) is 5.95 Å². The van der Waals surface area contributed by atoms with Crippen molar-refractivity contribution in [3.8, 4) is 0 Å². The van der Waals surface area contributed by atoms with Crippen molar-refractivity contribution in [3.63, 3.8) is 0 Å². The molecule has 5 heteroatoms. The lowest BCUT2D eigenvalue weighted by molar-refractivity contribution is 0.568. The molecule has 1 N–H and O–H groups in total. The van der Waals surface area contributed by atoms with Crippen molar-refractivity contribution >= 4 is 11.6 Å². The summed E-state index contributed by atoms with van der Waals surface area (Å²) in [7, 11) is 0. The maximum Gasteiger partial charge on any atom is 0.225 e. The van der Waals surface area contributed by atoms with E-state index in [1.165, 1.54) is 31.4 Å². The summed E-state index contributed by atoms with van der Waals surface area (Å²) in [5, 5.41) is 3.23. The molecular formula is C16H19FN4. The van der Waals surface area contributed by atoms with Crippen molar-refractivity contribution in [2.24, 2.45) is 0 Å². The highest BCUT2D eigenvalue weighted by Crippen LogP contribution is 2.15.